The molecule has 0 aromatic heterocycles. The molecule has 0 aliphatic carbocycles. The lowest BCUT2D eigenvalue weighted by Gasteiger charge is -2.19. The van der Waals surface area contributed by atoms with Crippen molar-refractivity contribution in [1.29, 1.82) is 0 Å². The number of halogens is 3. The smallest absolute Gasteiger partial charge is 0.399 e. The number of hydrogen-bond acceptors (Lipinski definition) is 3. The van der Waals surface area contributed by atoms with Crippen LogP contribution in [0.25, 0.3) is 0 Å². The summed E-state index contributed by atoms with van der Waals surface area (Å²) in [5.41, 5.74) is -3.61. The zero-order valence-corrected chi connectivity index (χ0v) is 18.0. The van der Waals surface area contributed by atoms with Crippen LogP contribution < -0.4 is 4.74 Å². The fourth-order valence-electron chi connectivity index (χ4n) is 2.66. The molecule has 3 rings (SSSR count). The van der Waals surface area contributed by atoms with Gasteiger partial charge in [-0.2, -0.15) is 8.78 Å². The second-order valence-electron chi connectivity index (χ2n) is 6.45. The molecule has 3 aromatic carbocycles. The summed E-state index contributed by atoms with van der Waals surface area (Å²) in [5, 5.41) is 0. The minimum absolute atomic E-state index is 0.102. The molecule has 0 atom stereocenters. The topological polar surface area (TPSA) is 76.0 Å². The second-order valence-corrected chi connectivity index (χ2v) is 8.96. The minimum atomic E-state index is -5.63. The number of hydrogen-bond donors (Lipinski definition) is 2. The third kappa shape index (κ3) is 5.53. The summed E-state index contributed by atoms with van der Waals surface area (Å²) in [7, 11) is -5.63. The van der Waals surface area contributed by atoms with E-state index in [1.54, 1.807) is 0 Å². The monoisotopic (exact) mass is 498 g/mol. The third-order valence-electron chi connectivity index (χ3n) is 4.14. The lowest BCUT2D eigenvalue weighted by molar-refractivity contribution is 0.0556. The van der Waals surface area contributed by atoms with E-state index in [-0.39, 0.29) is 17.7 Å². The van der Waals surface area contributed by atoms with Gasteiger partial charge in [-0.15, -0.1) is 0 Å². The first-order chi connectivity index (χ1) is 14.2. The Kier molecular flexibility index (Phi) is 7.06. The van der Waals surface area contributed by atoms with Crippen molar-refractivity contribution >= 4 is 23.5 Å². The molecule has 0 bridgehead atoms. The van der Waals surface area contributed by atoms with Crippen molar-refractivity contribution < 1.29 is 32.6 Å². The van der Waals surface area contributed by atoms with E-state index < -0.39 is 18.8 Å². The number of alkyl halides is 2. The van der Waals surface area contributed by atoms with Crippen LogP contribution in [0.15, 0.2) is 77.3 Å². The maximum atomic E-state index is 13.9. The van der Waals surface area contributed by atoms with E-state index in [2.05, 4.69) is 15.9 Å². The highest BCUT2D eigenvalue weighted by atomic mass is 79.9. The van der Waals surface area contributed by atoms with Gasteiger partial charge in [-0.1, -0.05) is 58.4 Å². The lowest BCUT2D eigenvalue weighted by Crippen LogP contribution is -2.14. The first-order valence-corrected chi connectivity index (χ1v) is 11.2. The first-order valence-electron chi connectivity index (χ1n) is 8.79. The maximum absolute atomic E-state index is 13.9. The Morgan fingerprint density at radius 1 is 0.867 bits per heavy atom. The Morgan fingerprint density at radius 3 is 2.13 bits per heavy atom. The third-order valence-corrected chi connectivity index (χ3v) is 5.77. The molecule has 158 valence electrons. The fourth-order valence-corrected chi connectivity index (χ4v) is 4.00. The normalized spacial score (nSPS) is 12.0. The van der Waals surface area contributed by atoms with E-state index >= 15 is 0 Å². The minimum Gasteiger partial charge on any atom is -0.457 e. The summed E-state index contributed by atoms with van der Waals surface area (Å²) in [6, 6.07) is 20.4. The van der Waals surface area contributed by atoms with Gasteiger partial charge in [0.25, 0.3) is 0 Å². The van der Waals surface area contributed by atoms with Crippen molar-refractivity contribution in [3.05, 3.63) is 94.0 Å². The number of benzene rings is 3. The van der Waals surface area contributed by atoms with Gasteiger partial charge in [0, 0.05) is 10.0 Å². The maximum Gasteiger partial charge on any atom is 0.399 e. The van der Waals surface area contributed by atoms with Gasteiger partial charge in [0.15, 0.2) is 0 Å². The highest BCUT2D eigenvalue weighted by Gasteiger charge is 2.51. The molecular formula is C21H18BrF2O5P. The molecule has 9 heteroatoms. The van der Waals surface area contributed by atoms with Gasteiger partial charge in [-0.25, -0.2) is 0 Å². The predicted molar refractivity (Wildman–Crippen MR) is 112 cm³/mol. The fraction of sp³-hybridized carbons (Fsp3) is 0.143. The van der Waals surface area contributed by atoms with Crippen LogP contribution in [0.1, 0.15) is 16.7 Å². The van der Waals surface area contributed by atoms with E-state index in [1.807, 2.05) is 54.6 Å². The van der Waals surface area contributed by atoms with Crippen LogP contribution in [-0.2, 0) is 28.2 Å². The van der Waals surface area contributed by atoms with Crippen molar-refractivity contribution in [2.75, 3.05) is 0 Å². The van der Waals surface area contributed by atoms with E-state index in [9.17, 15) is 13.3 Å². The van der Waals surface area contributed by atoms with Crippen LogP contribution in [-0.4, -0.2) is 9.79 Å². The Balaban J connectivity index is 1.61. The van der Waals surface area contributed by atoms with Crippen molar-refractivity contribution in [3.63, 3.8) is 0 Å². The van der Waals surface area contributed by atoms with E-state index in [4.69, 9.17) is 19.3 Å². The van der Waals surface area contributed by atoms with Crippen LogP contribution in [0.3, 0.4) is 0 Å². The molecule has 0 saturated heterocycles. The van der Waals surface area contributed by atoms with Gasteiger partial charge in [0.05, 0.1) is 13.2 Å². The van der Waals surface area contributed by atoms with Gasteiger partial charge in [0.2, 0.25) is 0 Å². The number of para-hydroxylation sites is 1. The van der Waals surface area contributed by atoms with Gasteiger partial charge in [-0.05, 0) is 41.5 Å². The van der Waals surface area contributed by atoms with Crippen molar-refractivity contribution in [2.24, 2.45) is 0 Å². The molecule has 0 saturated carbocycles. The SMILES string of the molecule is O=P(O)(O)C(F)(F)c1ccc(COCc2cccc(Oc3ccccc3)c2)cc1Br. The molecule has 2 N–H and O–H groups in total. The Bertz CT molecular complexity index is 1060. The largest absolute Gasteiger partial charge is 0.457 e. The zero-order chi connectivity index (χ0) is 21.8. The molecular weight excluding hydrogens is 481 g/mol. The quantitative estimate of drug-likeness (QED) is 0.362. The Labute approximate surface area is 180 Å². The first kappa shape index (κ1) is 22.6. The molecule has 0 spiro atoms. The molecule has 0 amide bonds. The van der Waals surface area contributed by atoms with Crippen molar-refractivity contribution in [3.8, 4) is 11.5 Å². The molecule has 0 aliphatic rings. The Morgan fingerprint density at radius 2 is 1.50 bits per heavy atom. The lowest BCUT2D eigenvalue weighted by atomic mass is 10.1. The van der Waals surface area contributed by atoms with Gasteiger partial charge >= 0.3 is 13.3 Å². The number of rotatable bonds is 8. The van der Waals surface area contributed by atoms with Gasteiger partial charge < -0.3 is 19.3 Å². The molecule has 3 aromatic rings. The standard InChI is InChI=1S/C21H18BrF2O5P/c22-20-12-16(9-10-19(20)21(23,24)30(25,26)27)14-28-13-15-5-4-8-18(11-15)29-17-6-2-1-3-7-17/h1-12H,13-14H2,(H2,25,26,27). The summed E-state index contributed by atoms with van der Waals surface area (Å²) >= 11 is 2.96. The molecule has 0 fully saturated rings. The summed E-state index contributed by atoms with van der Waals surface area (Å²) in [6.45, 7) is 0.397. The van der Waals surface area contributed by atoms with Crippen molar-refractivity contribution in [1.82, 2.24) is 0 Å². The molecule has 0 unspecified atom stereocenters. The average Bonchev–Trinajstić information content (AvgIpc) is 2.68. The molecule has 30 heavy (non-hydrogen) atoms. The van der Waals surface area contributed by atoms with E-state index in [1.165, 1.54) is 12.1 Å². The summed E-state index contributed by atoms with van der Waals surface area (Å²) in [6.07, 6.45) is 0. The van der Waals surface area contributed by atoms with Crippen LogP contribution in [0.2, 0.25) is 0 Å². The Hall–Kier alpha value is -2.09. The van der Waals surface area contributed by atoms with Crippen LogP contribution in [0.5, 0.6) is 11.5 Å². The highest BCUT2D eigenvalue weighted by molar-refractivity contribution is 9.10. The molecule has 5 nitrogen and oxygen atoms in total. The summed E-state index contributed by atoms with van der Waals surface area (Å²) in [4.78, 5) is 17.8. The second kappa shape index (κ2) is 9.37. The molecule has 0 radical (unpaired) electrons. The molecule has 0 heterocycles. The predicted octanol–water partition coefficient (Wildman–Crippen LogP) is 6.19. The molecule has 0 aliphatic heterocycles. The summed E-state index contributed by atoms with van der Waals surface area (Å²) in [5.74, 6) is 1.38. The van der Waals surface area contributed by atoms with Gasteiger partial charge in [0.1, 0.15) is 11.5 Å². The van der Waals surface area contributed by atoms with Crippen LogP contribution >= 0.6 is 23.5 Å². The summed E-state index contributed by atoms with van der Waals surface area (Å²) < 4.78 is 50.1. The van der Waals surface area contributed by atoms with Crippen LogP contribution in [0, 0.1) is 0 Å². The number of ether oxygens (including phenoxy) is 2. The van der Waals surface area contributed by atoms with Crippen molar-refractivity contribution in [2.45, 2.75) is 18.9 Å². The van der Waals surface area contributed by atoms with Gasteiger partial charge in [-0.3, -0.25) is 4.57 Å². The zero-order valence-electron chi connectivity index (χ0n) is 15.5. The van der Waals surface area contributed by atoms with E-state index in [0.29, 0.717) is 17.1 Å². The highest BCUT2D eigenvalue weighted by Crippen LogP contribution is 2.60. The van der Waals surface area contributed by atoms with E-state index in [0.717, 1.165) is 11.6 Å². The average molecular weight is 499 g/mol. The van der Waals surface area contributed by atoms with Crippen LogP contribution in [0.4, 0.5) is 8.78 Å².